The van der Waals surface area contributed by atoms with E-state index in [1.807, 2.05) is 29.2 Å². The van der Waals surface area contributed by atoms with Gasteiger partial charge in [-0.25, -0.2) is 0 Å². The summed E-state index contributed by atoms with van der Waals surface area (Å²) in [4.78, 5) is 14.3. The highest BCUT2D eigenvalue weighted by Gasteiger charge is 2.27. The number of nitrogens with zero attached hydrogens (tertiary/aromatic N) is 1. The summed E-state index contributed by atoms with van der Waals surface area (Å²) in [6, 6.07) is 20.8. The standard InChI is InChI=1S/C18H20N2O/c21-18-13-19-12-17(11-15-7-3-1-4-8-15)20(18)14-16-9-5-2-6-10-16/h1-10,17,19H,11-14H2/t17-/m0/s1. The van der Waals surface area contributed by atoms with Crippen LogP contribution in [0.3, 0.4) is 0 Å². The van der Waals surface area contributed by atoms with Gasteiger partial charge in [0.2, 0.25) is 5.91 Å². The summed E-state index contributed by atoms with van der Waals surface area (Å²) in [6.45, 7) is 1.99. The number of amides is 1. The normalized spacial score (nSPS) is 18.8. The molecule has 21 heavy (non-hydrogen) atoms. The van der Waals surface area contributed by atoms with Crippen molar-refractivity contribution >= 4 is 5.91 Å². The number of carbonyl (C=O) groups excluding carboxylic acids is 1. The SMILES string of the molecule is O=C1CNC[C@H](Cc2ccccc2)N1Cc1ccccc1. The zero-order chi connectivity index (χ0) is 14.5. The summed E-state index contributed by atoms with van der Waals surface area (Å²) < 4.78 is 0. The fraction of sp³-hybridized carbons (Fsp3) is 0.278. The second-order valence-corrected chi connectivity index (χ2v) is 5.48. The molecule has 1 N–H and O–H groups in total. The minimum Gasteiger partial charge on any atom is -0.333 e. The molecule has 108 valence electrons. The minimum atomic E-state index is 0.186. The molecule has 0 unspecified atom stereocenters. The summed E-state index contributed by atoms with van der Waals surface area (Å²) in [7, 11) is 0. The van der Waals surface area contributed by atoms with E-state index >= 15 is 0 Å². The van der Waals surface area contributed by atoms with E-state index in [9.17, 15) is 4.79 Å². The number of rotatable bonds is 4. The van der Waals surface area contributed by atoms with Crippen molar-refractivity contribution in [3.63, 3.8) is 0 Å². The molecule has 0 radical (unpaired) electrons. The van der Waals surface area contributed by atoms with E-state index in [-0.39, 0.29) is 11.9 Å². The van der Waals surface area contributed by atoms with E-state index in [1.54, 1.807) is 0 Å². The average molecular weight is 280 g/mol. The molecule has 0 spiro atoms. The number of hydrogen-bond acceptors (Lipinski definition) is 2. The van der Waals surface area contributed by atoms with Crippen molar-refractivity contribution in [2.24, 2.45) is 0 Å². The van der Waals surface area contributed by atoms with Gasteiger partial charge in [-0.1, -0.05) is 60.7 Å². The number of carbonyl (C=O) groups is 1. The van der Waals surface area contributed by atoms with Crippen LogP contribution in [0.1, 0.15) is 11.1 Å². The molecule has 0 saturated carbocycles. The van der Waals surface area contributed by atoms with Crippen LogP contribution in [-0.4, -0.2) is 29.9 Å². The molecule has 0 aliphatic carbocycles. The van der Waals surface area contributed by atoms with Crippen LogP contribution in [-0.2, 0) is 17.8 Å². The first-order valence-corrected chi connectivity index (χ1v) is 7.41. The van der Waals surface area contributed by atoms with Crippen molar-refractivity contribution in [3.8, 4) is 0 Å². The topological polar surface area (TPSA) is 32.3 Å². The Balaban J connectivity index is 1.75. The molecule has 1 aliphatic rings. The van der Waals surface area contributed by atoms with Gasteiger partial charge in [-0.3, -0.25) is 4.79 Å². The molecular weight excluding hydrogens is 260 g/mol. The zero-order valence-corrected chi connectivity index (χ0v) is 12.0. The molecule has 1 heterocycles. The van der Waals surface area contributed by atoms with Gasteiger partial charge >= 0.3 is 0 Å². The maximum Gasteiger partial charge on any atom is 0.237 e. The van der Waals surface area contributed by atoms with Gasteiger partial charge < -0.3 is 10.2 Å². The first-order chi connectivity index (χ1) is 10.3. The third-order valence-electron chi connectivity index (χ3n) is 3.93. The highest BCUT2D eigenvalue weighted by atomic mass is 16.2. The monoisotopic (exact) mass is 280 g/mol. The molecule has 3 rings (SSSR count). The minimum absolute atomic E-state index is 0.186. The lowest BCUT2D eigenvalue weighted by atomic mass is 10.0. The molecule has 1 atom stereocenters. The van der Waals surface area contributed by atoms with Crippen molar-refractivity contribution in [3.05, 3.63) is 71.8 Å². The lowest BCUT2D eigenvalue weighted by Crippen LogP contribution is -2.55. The molecular formula is C18H20N2O. The largest absolute Gasteiger partial charge is 0.333 e. The highest BCUT2D eigenvalue weighted by molar-refractivity contribution is 5.79. The van der Waals surface area contributed by atoms with Gasteiger partial charge in [0.15, 0.2) is 0 Å². The van der Waals surface area contributed by atoms with Crippen molar-refractivity contribution in [2.75, 3.05) is 13.1 Å². The third-order valence-corrected chi connectivity index (χ3v) is 3.93. The number of nitrogens with one attached hydrogen (secondary N) is 1. The molecule has 2 aromatic carbocycles. The fourth-order valence-corrected chi connectivity index (χ4v) is 2.83. The van der Waals surface area contributed by atoms with Gasteiger partial charge in [0.25, 0.3) is 0 Å². The highest BCUT2D eigenvalue weighted by Crippen LogP contribution is 2.15. The maximum atomic E-state index is 12.3. The number of piperazine rings is 1. The Labute approximate surface area is 125 Å². The molecule has 3 nitrogen and oxygen atoms in total. The van der Waals surface area contributed by atoms with E-state index in [1.165, 1.54) is 11.1 Å². The second-order valence-electron chi connectivity index (χ2n) is 5.48. The number of benzene rings is 2. The Hall–Kier alpha value is -2.13. The van der Waals surface area contributed by atoms with Crippen LogP contribution in [0, 0.1) is 0 Å². The van der Waals surface area contributed by atoms with Crippen LogP contribution in [0.25, 0.3) is 0 Å². The van der Waals surface area contributed by atoms with E-state index in [0.717, 1.165) is 13.0 Å². The van der Waals surface area contributed by atoms with E-state index in [0.29, 0.717) is 13.1 Å². The Bertz CT molecular complexity index is 583. The van der Waals surface area contributed by atoms with Gasteiger partial charge in [0.1, 0.15) is 0 Å². The van der Waals surface area contributed by atoms with Crippen LogP contribution in [0.4, 0.5) is 0 Å². The summed E-state index contributed by atoms with van der Waals surface area (Å²) in [5.41, 5.74) is 2.46. The lowest BCUT2D eigenvalue weighted by Gasteiger charge is -2.36. The van der Waals surface area contributed by atoms with Crippen molar-refractivity contribution in [1.82, 2.24) is 10.2 Å². The van der Waals surface area contributed by atoms with Crippen LogP contribution >= 0.6 is 0 Å². The first kappa shape index (κ1) is 13.8. The average Bonchev–Trinajstić information content (AvgIpc) is 2.53. The van der Waals surface area contributed by atoms with Crippen molar-refractivity contribution in [1.29, 1.82) is 0 Å². The van der Waals surface area contributed by atoms with Crippen LogP contribution in [0.2, 0.25) is 0 Å². The lowest BCUT2D eigenvalue weighted by molar-refractivity contribution is -0.135. The van der Waals surface area contributed by atoms with Crippen LogP contribution in [0.15, 0.2) is 60.7 Å². The molecule has 2 aromatic rings. The van der Waals surface area contributed by atoms with E-state index in [2.05, 4.69) is 41.7 Å². The molecule has 1 aliphatic heterocycles. The molecule has 1 fully saturated rings. The predicted molar refractivity (Wildman–Crippen MR) is 83.8 cm³/mol. The smallest absolute Gasteiger partial charge is 0.237 e. The van der Waals surface area contributed by atoms with E-state index in [4.69, 9.17) is 0 Å². The second kappa shape index (κ2) is 6.55. The van der Waals surface area contributed by atoms with Crippen molar-refractivity contribution in [2.45, 2.75) is 19.0 Å². The van der Waals surface area contributed by atoms with E-state index < -0.39 is 0 Å². The molecule has 0 bridgehead atoms. The van der Waals surface area contributed by atoms with Gasteiger partial charge in [-0.2, -0.15) is 0 Å². The summed E-state index contributed by atoms with van der Waals surface area (Å²) in [5.74, 6) is 0.186. The third kappa shape index (κ3) is 3.50. The summed E-state index contributed by atoms with van der Waals surface area (Å²) in [6.07, 6.45) is 0.895. The van der Waals surface area contributed by atoms with Crippen molar-refractivity contribution < 1.29 is 4.79 Å². The van der Waals surface area contributed by atoms with Gasteiger partial charge in [0, 0.05) is 19.1 Å². The van der Waals surface area contributed by atoms with Gasteiger partial charge in [-0.05, 0) is 17.5 Å². The molecule has 1 saturated heterocycles. The van der Waals surface area contributed by atoms with Gasteiger partial charge in [0.05, 0.1) is 6.54 Å². The summed E-state index contributed by atoms with van der Waals surface area (Å²) >= 11 is 0. The predicted octanol–water partition coefficient (Wildman–Crippen LogP) is 2.23. The van der Waals surface area contributed by atoms with Crippen LogP contribution < -0.4 is 5.32 Å². The molecule has 3 heteroatoms. The zero-order valence-electron chi connectivity index (χ0n) is 12.0. The maximum absolute atomic E-state index is 12.3. The summed E-state index contributed by atoms with van der Waals surface area (Å²) in [5, 5.41) is 3.23. The Morgan fingerprint density at radius 1 is 0.952 bits per heavy atom. The Kier molecular flexibility index (Phi) is 4.31. The van der Waals surface area contributed by atoms with Crippen LogP contribution in [0.5, 0.6) is 0 Å². The number of hydrogen-bond donors (Lipinski definition) is 1. The first-order valence-electron chi connectivity index (χ1n) is 7.41. The van der Waals surface area contributed by atoms with Gasteiger partial charge in [-0.15, -0.1) is 0 Å². The Morgan fingerprint density at radius 2 is 1.57 bits per heavy atom. The Morgan fingerprint density at radius 3 is 2.24 bits per heavy atom. The molecule has 0 aromatic heterocycles. The fourth-order valence-electron chi connectivity index (χ4n) is 2.83. The molecule has 1 amide bonds. The quantitative estimate of drug-likeness (QED) is 0.931.